The fourth-order valence-corrected chi connectivity index (χ4v) is 4.69. The molecule has 2 atom stereocenters. The van der Waals surface area contributed by atoms with Crippen LogP contribution in [0.5, 0.6) is 0 Å². The standard InChI is InChI=1S/C18H36N2/c1-4-20(17-10-8-16(19)9-11-17)18-7-5-6-15(13-18)12-14(2)3/h14-18H,4-13,19H2,1-3H3. The van der Waals surface area contributed by atoms with Gasteiger partial charge in [0.05, 0.1) is 0 Å². The van der Waals surface area contributed by atoms with Crippen molar-refractivity contribution in [3.63, 3.8) is 0 Å². The van der Waals surface area contributed by atoms with Crippen LogP contribution in [0.15, 0.2) is 0 Å². The van der Waals surface area contributed by atoms with Crippen molar-refractivity contribution in [2.75, 3.05) is 6.54 Å². The molecular weight excluding hydrogens is 244 g/mol. The first-order valence-electron chi connectivity index (χ1n) is 9.11. The Balaban J connectivity index is 1.89. The Kier molecular flexibility index (Phi) is 6.35. The molecule has 2 unspecified atom stereocenters. The third-order valence-corrected chi connectivity index (χ3v) is 5.60. The van der Waals surface area contributed by atoms with Crippen LogP contribution in [0.25, 0.3) is 0 Å². The third kappa shape index (κ3) is 4.46. The van der Waals surface area contributed by atoms with Crippen molar-refractivity contribution in [1.82, 2.24) is 4.90 Å². The molecule has 0 aromatic heterocycles. The summed E-state index contributed by atoms with van der Waals surface area (Å²) in [5.41, 5.74) is 6.08. The summed E-state index contributed by atoms with van der Waals surface area (Å²) in [5, 5.41) is 0. The number of hydrogen-bond acceptors (Lipinski definition) is 2. The van der Waals surface area contributed by atoms with Crippen LogP contribution >= 0.6 is 0 Å². The number of nitrogens with zero attached hydrogens (tertiary/aromatic N) is 1. The molecule has 2 fully saturated rings. The van der Waals surface area contributed by atoms with Gasteiger partial charge in [0.2, 0.25) is 0 Å². The second kappa shape index (κ2) is 7.79. The van der Waals surface area contributed by atoms with Gasteiger partial charge in [-0.2, -0.15) is 0 Å². The molecule has 20 heavy (non-hydrogen) atoms. The molecule has 0 amide bonds. The van der Waals surface area contributed by atoms with Gasteiger partial charge in [-0.05, 0) is 63.3 Å². The van der Waals surface area contributed by atoms with Gasteiger partial charge in [0.25, 0.3) is 0 Å². The van der Waals surface area contributed by atoms with Crippen molar-refractivity contribution in [3.8, 4) is 0 Å². The lowest BCUT2D eigenvalue weighted by Crippen LogP contribution is -2.48. The molecule has 2 nitrogen and oxygen atoms in total. The highest BCUT2D eigenvalue weighted by Gasteiger charge is 2.31. The van der Waals surface area contributed by atoms with Crippen LogP contribution in [0, 0.1) is 11.8 Å². The van der Waals surface area contributed by atoms with E-state index in [0.717, 1.165) is 23.9 Å². The lowest BCUT2D eigenvalue weighted by Gasteiger charge is -2.44. The molecule has 2 saturated carbocycles. The van der Waals surface area contributed by atoms with Crippen LogP contribution in [0.2, 0.25) is 0 Å². The van der Waals surface area contributed by atoms with Gasteiger partial charge in [0.15, 0.2) is 0 Å². The van der Waals surface area contributed by atoms with E-state index in [0.29, 0.717) is 6.04 Å². The minimum absolute atomic E-state index is 0.477. The highest BCUT2D eigenvalue weighted by Crippen LogP contribution is 2.34. The predicted octanol–water partition coefficient (Wildman–Crippen LogP) is 4.18. The molecule has 0 heterocycles. The molecule has 2 aliphatic carbocycles. The molecule has 118 valence electrons. The molecule has 0 aromatic carbocycles. The monoisotopic (exact) mass is 280 g/mol. The predicted molar refractivity (Wildman–Crippen MR) is 87.8 cm³/mol. The molecular formula is C18H36N2. The summed E-state index contributed by atoms with van der Waals surface area (Å²) < 4.78 is 0. The normalized spacial score (nSPS) is 35.7. The quantitative estimate of drug-likeness (QED) is 0.818. The van der Waals surface area contributed by atoms with E-state index >= 15 is 0 Å². The van der Waals surface area contributed by atoms with Gasteiger partial charge < -0.3 is 5.73 Å². The number of hydrogen-bond donors (Lipinski definition) is 1. The minimum Gasteiger partial charge on any atom is -0.328 e. The van der Waals surface area contributed by atoms with E-state index in [1.54, 1.807) is 0 Å². The minimum atomic E-state index is 0.477. The SMILES string of the molecule is CCN(C1CCC(N)CC1)C1CCCC(CC(C)C)C1. The van der Waals surface area contributed by atoms with Crippen LogP contribution < -0.4 is 5.73 Å². The average Bonchev–Trinajstić information content (AvgIpc) is 2.41. The first-order chi connectivity index (χ1) is 9.60. The Labute approximate surface area is 126 Å². The van der Waals surface area contributed by atoms with E-state index in [4.69, 9.17) is 5.73 Å². The average molecular weight is 280 g/mol. The molecule has 0 aromatic rings. The first kappa shape index (κ1) is 16.3. The lowest BCUT2D eigenvalue weighted by atomic mass is 9.79. The molecule has 0 saturated heterocycles. The fraction of sp³-hybridized carbons (Fsp3) is 1.00. The maximum Gasteiger partial charge on any atom is 0.0101 e. The molecule has 0 aliphatic heterocycles. The van der Waals surface area contributed by atoms with Crippen molar-refractivity contribution < 1.29 is 0 Å². The second-order valence-electron chi connectivity index (χ2n) is 7.72. The Morgan fingerprint density at radius 2 is 1.70 bits per heavy atom. The summed E-state index contributed by atoms with van der Waals surface area (Å²) in [5.74, 6) is 1.84. The second-order valence-corrected chi connectivity index (χ2v) is 7.72. The Morgan fingerprint density at radius 3 is 2.30 bits per heavy atom. The fourth-order valence-electron chi connectivity index (χ4n) is 4.69. The van der Waals surface area contributed by atoms with Gasteiger partial charge in [-0.1, -0.05) is 33.6 Å². The number of rotatable bonds is 5. The highest BCUT2D eigenvalue weighted by atomic mass is 15.2. The zero-order valence-corrected chi connectivity index (χ0v) is 14.0. The summed E-state index contributed by atoms with van der Waals surface area (Å²) in [4.78, 5) is 2.85. The molecule has 2 rings (SSSR count). The van der Waals surface area contributed by atoms with Crippen LogP contribution in [0.3, 0.4) is 0 Å². The van der Waals surface area contributed by atoms with Crippen LogP contribution in [-0.4, -0.2) is 29.6 Å². The lowest BCUT2D eigenvalue weighted by molar-refractivity contribution is 0.0649. The maximum absolute atomic E-state index is 6.08. The van der Waals surface area contributed by atoms with Crippen molar-refractivity contribution in [2.45, 2.75) is 96.7 Å². The topological polar surface area (TPSA) is 29.3 Å². The Bertz CT molecular complexity index is 269. The van der Waals surface area contributed by atoms with E-state index in [-0.39, 0.29) is 0 Å². The van der Waals surface area contributed by atoms with Gasteiger partial charge in [-0.3, -0.25) is 4.90 Å². The van der Waals surface area contributed by atoms with E-state index in [9.17, 15) is 0 Å². The van der Waals surface area contributed by atoms with E-state index in [1.807, 2.05) is 0 Å². The Morgan fingerprint density at radius 1 is 1.00 bits per heavy atom. The number of nitrogens with two attached hydrogens (primary N) is 1. The summed E-state index contributed by atoms with van der Waals surface area (Å²) >= 11 is 0. The van der Waals surface area contributed by atoms with Gasteiger partial charge in [0.1, 0.15) is 0 Å². The van der Waals surface area contributed by atoms with Crippen molar-refractivity contribution in [2.24, 2.45) is 17.6 Å². The zero-order valence-electron chi connectivity index (χ0n) is 14.0. The zero-order chi connectivity index (χ0) is 14.5. The molecule has 2 aliphatic rings. The molecule has 0 radical (unpaired) electrons. The summed E-state index contributed by atoms with van der Waals surface area (Å²) in [7, 11) is 0. The highest BCUT2D eigenvalue weighted by molar-refractivity contribution is 4.87. The third-order valence-electron chi connectivity index (χ3n) is 5.60. The largest absolute Gasteiger partial charge is 0.328 e. The van der Waals surface area contributed by atoms with Crippen molar-refractivity contribution >= 4 is 0 Å². The van der Waals surface area contributed by atoms with Crippen molar-refractivity contribution in [1.29, 1.82) is 0 Å². The molecule has 2 N–H and O–H groups in total. The van der Waals surface area contributed by atoms with Gasteiger partial charge in [-0.15, -0.1) is 0 Å². The smallest absolute Gasteiger partial charge is 0.0101 e. The first-order valence-corrected chi connectivity index (χ1v) is 9.11. The summed E-state index contributed by atoms with van der Waals surface area (Å²) in [6.45, 7) is 8.35. The van der Waals surface area contributed by atoms with Gasteiger partial charge >= 0.3 is 0 Å². The van der Waals surface area contributed by atoms with Crippen LogP contribution in [-0.2, 0) is 0 Å². The summed E-state index contributed by atoms with van der Waals surface area (Å²) in [6, 6.07) is 2.16. The van der Waals surface area contributed by atoms with Crippen LogP contribution in [0.4, 0.5) is 0 Å². The summed E-state index contributed by atoms with van der Waals surface area (Å²) in [6.07, 6.45) is 12.4. The molecule has 0 spiro atoms. The van der Waals surface area contributed by atoms with Crippen molar-refractivity contribution in [3.05, 3.63) is 0 Å². The van der Waals surface area contributed by atoms with Gasteiger partial charge in [-0.25, -0.2) is 0 Å². The van der Waals surface area contributed by atoms with E-state index in [2.05, 4.69) is 25.7 Å². The molecule has 0 bridgehead atoms. The molecule has 2 heteroatoms. The Hall–Kier alpha value is -0.0800. The van der Waals surface area contributed by atoms with Gasteiger partial charge in [0, 0.05) is 18.1 Å². The van der Waals surface area contributed by atoms with E-state index in [1.165, 1.54) is 64.3 Å². The maximum atomic E-state index is 6.08. The van der Waals surface area contributed by atoms with Crippen LogP contribution in [0.1, 0.15) is 78.6 Å². The van der Waals surface area contributed by atoms with E-state index < -0.39 is 0 Å².